The minimum absolute atomic E-state index is 0.124. The topological polar surface area (TPSA) is 46.3 Å². The van der Waals surface area contributed by atoms with Gasteiger partial charge in [-0.25, -0.2) is 0 Å². The van der Waals surface area contributed by atoms with E-state index in [0.717, 1.165) is 43.7 Å². The Morgan fingerprint density at radius 3 is 2.57 bits per heavy atom. The van der Waals surface area contributed by atoms with Crippen molar-refractivity contribution < 1.29 is 9.32 Å². The van der Waals surface area contributed by atoms with Gasteiger partial charge < -0.3 is 9.42 Å². The predicted octanol–water partition coefficient (Wildman–Crippen LogP) is 4.01. The highest BCUT2D eigenvalue weighted by Gasteiger charge is 2.33. The van der Waals surface area contributed by atoms with Gasteiger partial charge in [0.1, 0.15) is 11.5 Å². The van der Waals surface area contributed by atoms with Crippen LogP contribution in [-0.4, -0.2) is 22.5 Å². The van der Waals surface area contributed by atoms with Crippen molar-refractivity contribution in [3.8, 4) is 0 Å². The van der Waals surface area contributed by atoms with Crippen LogP contribution in [0, 0.1) is 12.8 Å². The highest BCUT2D eigenvalue weighted by Crippen LogP contribution is 2.34. The van der Waals surface area contributed by atoms with Crippen molar-refractivity contribution in [3.63, 3.8) is 0 Å². The van der Waals surface area contributed by atoms with E-state index < -0.39 is 0 Å². The molecule has 0 bridgehead atoms. The number of hydrogen-bond acceptors (Lipinski definition) is 3. The lowest BCUT2D eigenvalue weighted by Crippen LogP contribution is -2.39. The van der Waals surface area contributed by atoms with Gasteiger partial charge in [0.2, 0.25) is 5.91 Å². The van der Waals surface area contributed by atoms with Crippen LogP contribution in [0.1, 0.15) is 75.3 Å². The monoisotopic (exact) mass is 290 g/mol. The molecule has 4 heteroatoms. The molecule has 1 atom stereocenters. The van der Waals surface area contributed by atoms with E-state index in [4.69, 9.17) is 4.52 Å². The number of hydrogen-bond donors (Lipinski definition) is 0. The van der Waals surface area contributed by atoms with Crippen molar-refractivity contribution in [1.29, 1.82) is 0 Å². The molecule has 0 unspecified atom stereocenters. The lowest BCUT2D eigenvalue weighted by Gasteiger charge is -2.33. The van der Waals surface area contributed by atoms with E-state index in [1.165, 1.54) is 32.1 Å². The molecule has 1 saturated heterocycles. The Labute approximate surface area is 126 Å². The molecule has 1 aliphatic heterocycles. The summed E-state index contributed by atoms with van der Waals surface area (Å²) in [5.74, 6) is 1.44. The van der Waals surface area contributed by atoms with Crippen molar-refractivity contribution in [3.05, 3.63) is 17.5 Å². The minimum atomic E-state index is 0.124. The van der Waals surface area contributed by atoms with Crippen LogP contribution in [0.2, 0.25) is 0 Å². The van der Waals surface area contributed by atoms with Crippen molar-refractivity contribution >= 4 is 5.91 Å². The number of aryl methyl sites for hydroxylation is 1. The number of likely N-dealkylation sites (tertiary alicyclic amines) is 1. The quantitative estimate of drug-likeness (QED) is 0.827. The summed E-state index contributed by atoms with van der Waals surface area (Å²) in [6.45, 7) is 2.80. The molecule has 3 rings (SSSR count). The molecule has 4 nitrogen and oxygen atoms in total. The minimum Gasteiger partial charge on any atom is -0.361 e. The molecule has 0 aromatic carbocycles. The molecular formula is C17H26N2O2. The van der Waals surface area contributed by atoms with E-state index in [9.17, 15) is 4.79 Å². The number of aromatic nitrogens is 1. The maximum Gasteiger partial charge on any atom is 0.226 e. The first-order valence-electron chi connectivity index (χ1n) is 8.49. The summed E-state index contributed by atoms with van der Waals surface area (Å²) < 4.78 is 5.24. The molecule has 0 N–H and O–H groups in total. The second-order valence-electron chi connectivity index (χ2n) is 6.59. The molecule has 116 valence electrons. The van der Waals surface area contributed by atoms with Gasteiger partial charge in [-0.1, -0.05) is 37.3 Å². The average Bonchev–Trinajstić information content (AvgIpc) is 2.80. The Bertz CT molecular complexity index is 477. The van der Waals surface area contributed by atoms with E-state index >= 15 is 0 Å². The second-order valence-corrected chi connectivity index (χ2v) is 6.59. The Hall–Kier alpha value is -1.32. The first-order chi connectivity index (χ1) is 10.3. The zero-order chi connectivity index (χ0) is 14.7. The predicted molar refractivity (Wildman–Crippen MR) is 80.7 cm³/mol. The van der Waals surface area contributed by atoms with Gasteiger partial charge in [0.15, 0.2) is 0 Å². The first-order valence-corrected chi connectivity index (χ1v) is 8.49. The van der Waals surface area contributed by atoms with E-state index in [-0.39, 0.29) is 12.0 Å². The summed E-state index contributed by atoms with van der Waals surface area (Å²) in [7, 11) is 0. The van der Waals surface area contributed by atoms with Crippen molar-refractivity contribution in [1.82, 2.24) is 10.1 Å². The zero-order valence-corrected chi connectivity index (χ0v) is 13.0. The van der Waals surface area contributed by atoms with Crippen molar-refractivity contribution in [2.24, 2.45) is 5.92 Å². The van der Waals surface area contributed by atoms with Gasteiger partial charge in [0, 0.05) is 18.5 Å². The number of rotatable bonds is 2. The summed E-state index contributed by atoms with van der Waals surface area (Å²) in [6.07, 6.45) is 10.4. The molecule has 21 heavy (non-hydrogen) atoms. The van der Waals surface area contributed by atoms with E-state index in [2.05, 4.69) is 10.1 Å². The van der Waals surface area contributed by atoms with Crippen LogP contribution in [0.4, 0.5) is 0 Å². The van der Waals surface area contributed by atoms with Gasteiger partial charge in [0.05, 0.1) is 6.04 Å². The molecule has 1 saturated carbocycles. The molecular weight excluding hydrogens is 264 g/mol. The van der Waals surface area contributed by atoms with Gasteiger partial charge in [-0.15, -0.1) is 0 Å². The van der Waals surface area contributed by atoms with Gasteiger partial charge >= 0.3 is 0 Å². The molecule has 2 fully saturated rings. The molecule has 2 aliphatic rings. The Balaban J connectivity index is 1.79. The number of carbonyl (C=O) groups is 1. The Kier molecular flexibility index (Phi) is 4.61. The summed E-state index contributed by atoms with van der Waals surface area (Å²) in [4.78, 5) is 15.1. The van der Waals surface area contributed by atoms with Crippen LogP contribution in [0.15, 0.2) is 10.6 Å². The third-order valence-corrected chi connectivity index (χ3v) is 4.98. The summed E-state index contributed by atoms with van der Waals surface area (Å²) >= 11 is 0. The highest BCUT2D eigenvalue weighted by molar-refractivity contribution is 5.79. The van der Waals surface area contributed by atoms with Crippen LogP contribution in [0.3, 0.4) is 0 Å². The first kappa shape index (κ1) is 14.6. The molecule has 1 aromatic heterocycles. The van der Waals surface area contributed by atoms with Gasteiger partial charge in [0.25, 0.3) is 0 Å². The van der Waals surface area contributed by atoms with Gasteiger partial charge in [-0.2, -0.15) is 0 Å². The highest BCUT2D eigenvalue weighted by atomic mass is 16.5. The Morgan fingerprint density at radius 2 is 1.86 bits per heavy atom. The van der Waals surface area contributed by atoms with Crippen LogP contribution in [0.5, 0.6) is 0 Å². The third kappa shape index (κ3) is 3.30. The third-order valence-electron chi connectivity index (χ3n) is 4.98. The molecule has 0 radical (unpaired) electrons. The maximum absolute atomic E-state index is 13.0. The molecule has 1 amide bonds. The fourth-order valence-electron chi connectivity index (χ4n) is 3.81. The fourth-order valence-corrected chi connectivity index (χ4v) is 3.81. The zero-order valence-electron chi connectivity index (χ0n) is 13.0. The van der Waals surface area contributed by atoms with E-state index in [1.54, 1.807) is 0 Å². The largest absolute Gasteiger partial charge is 0.361 e. The van der Waals surface area contributed by atoms with E-state index in [1.807, 2.05) is 13.0 Å². The second kappa shape index (κ2) is 6.63. The van der Waals surface area contributed by atoms with Crippen LogP contribution >= 0.6 is 0 Å². The SMILES string of the molecule is Cc1cc([C@@H]2CCCCCN2C(=O)C2CCCCC2)no1. The molecule has 1 aliphatic carbocycles. The summed E-state index contributed by atoms with van der Waals surface area (Å²) in [5, 5.41) is 4.19. The summed E-state index contributed by atoms with van der Waals surface area (Å²) in [5.41, 5.74) is 0.943. The average molecular weight is 290 g/mol. The molecule has 0 spiro atoms. The lowest BCUT2D eigenvalue weighted by molar-refractivity contribution is -0.139. The normalized spacial score (nSPS) is 24.8. The number of carbonyl (C=O) groups excluding carboxylic acids is 1. The van der Waals surface area contributed by atoms with Crippen LogP contribution in [-0.2, 0) is 4.79 Å². The smallest absolute Gasteiger partial charge is 0.226 e. The standard InChI is InChI=1S/C17H26N2O2/c1-13-12-15(18-21-13)16-10-6-3-7-11-19(16)17(20)14-8-4-2-5-9-14/h12,14,16H,2-11H2,1H3/t16-/m0/s1. The van der Waals surface area contributed by atoms with Gasteiger partial charge in [-0.3, -0.25) is 4.79 Å². The maximum atomic E-state index is 13.0. The summed E-state index contributed by atoms with van der Waals surface area (Å²) in [6, 6.07) is 2.12. The van der Waals surface area contributed by atoms with Gasteiger partial charge in [-0.05, 0) is 32.6 Å². The molecule has 2 heterocycles. The Morgan fingerprint density at radius 1 is 1.14 bits per heavy atom. The number of nitrogens with zero attached hydrogens (tertiary/aromatic N) is 2. The van der Waals surface area contributed by atoms with Crippen molar-refractivity contribution in [2.75, 3.05) is 6.54 Å². The van der Waals surface area contributed by atoms with Crippen LogP contribution in [0.25, 0.3) is 0 Å². The molecule has 1 aromatic rings. The number of amides is 1. The fraction of sp³-hybridized carbons (Fsp3) is 0.765. The van der Waals surface area contributed by atoms with Crippen molar-refractivity contribution in [2.45, 2.75) is 70.8 Å². The van der Waals surface area contributed by atoms with Crippen LogP contribution < -0.4 is 0 Å². The lowest BCUT2D eigenvalue weighted by atomic mass is 9.87. The van der Waals surface area contributed by atoms with E-state index in [0.29, 0.717) is 5.91 Å².